The van der Waals surface area contributed by atoms with Crippen molar-refractivity contribution in [2.24, 2.45) is 10.2 Å². The summed E-state index contributed by atoms with van der Waals surface area (Å²) >= 11 is 0. The first-order valence-electron chi connectivity index (χ1n) is 4.73. The Hall–Kier alpha value is -2.64. The van der Waals surface area contributed by atoms with Gasteiger partial charge in [-0.3, -0.25) is 14.6 Å². The van der Waals surface area contributed by atoms with E-state index < -0.39 is 24.3 Å². The van der Waals surface area contributed by atoms with Gasteiger partial charge in [-0.15, -0.1) is 10.2 Å². The van der Waals surface area contributed by atoms with Crippen LogP contribution in [0.5, 0.6) is 0 Å². The summed E-state index contributed by atoms with van der Waals surface area (Å²) in [5.74, 6) is -2.79. The van der Waals surface area contributed by atoms with Gasteiger partial charge in [-0.05, 0) is 6.07 Å². The van der Waals surface area contributed by atoms with Crippen LogP contribution in [0, 0.1) is 0 Å². The van der Waals surface area contributed by atoms with Crippen LogP contribution in [-0.2, 0) is 14.3 Å². The maximum absolute atomic E-state index is 11.1. The number of esters is 1. The number of carboxylic acid groups (broad SMARTS) is 1. The number of carbonyl (C=O) groups excluding carboxylic acids is 2. The molecule has 0 atom stereocenters. The van der Waals surface area contributed by atoms with Crippen LogP contribution in [0.2, 0.25) is 0 Å². The van der Waals surface area contributed by atoms with Crippen molar-refractivity contribution < 1.29 is 24.2 Å². The van der Waals surface area contributed by atoms with Gasteiger partial charge < -0.3 is 9.84 Å². The Balaban J connectivity index is 2.81. The van der Waals surface area contributed by atoms with E-state index in [4.69, 9.17) is 5.11 Å². The van der Waals surface area contributed by atoms with Gasteiger partial charge in [-0.1, -0.05) is 0 Å². The quantitative estimate of drug-likeness (QED) is 0.483. The van der Waals surface area contributed by atoms with Crippen LogP contribution < -0.4 is 0 Å². The average Bonchev–Trinajstić information content (AvgIpc) is 2.36. The Kier molecular flexibility index (Phi) is 4.61. The molecule has 1 aromatic heterocycles. The fourth-order valence-electron chi connectivity index (χ4n) is 0.987. The van der Waals surface area contributed by atoms with Gasteiger partial charge in [-0.2, -0.15) is 0 Å². The number of rotatable bonds is 4. The minimum Gasteiger partial charge on any atom is -0.478 e. The van der Waals surface area contributed by atoms with Crippen molar-refractivity contribution in [2.45, 2.75) is 6.42 Å². The molecule has 1 rings (SSSR count). The summed E-state index contributed by atoms with van der Waals surface area (Å²) in [6.07, 6.45) is 1.87. The summed E-state index contributed by atoms with van der Waals surface area (Å²) in [7, 11) is 1.14. The number of pyridine rings is 1. The Morgan fingerprint density at radius 1 is 1.44 bits per heavy atom. The predicted molar refractivity (Wildman–Crippen MR) is 57.4 cm³/mol. The monoisotopic (exact) mass is 251 g/mol. The van der Waals surface area contributed by atoms with Crippen LogP contribution >= 0.6 is 0 Å². The Labute approximate surface area is 101 Å². The number of aromatic nitrogens is 1. The summed E-state index contributed by atoms with van der Waals surface area (Å²) in [5.41, 5.74) is -0.206. The van der Waals surface area contributed by atoms with Gasteiger partial charge in [0.25, 0.3) is 5.91 Å². The molecule has 1 heterocycles. The van der Waals surface area contributed by atoms with Gasteiger partial charge in [-0.25, -0.2) is 4.79 Å². The summed E-state index contributed by atoms with van der Waals surface area (Å²) < 4.78 is 4.27. The van der Waals surface area contributed by atoms with Crippen molar-refractivity contribution in [1.29, 1.82) is 0 Å². The summed E-state index contributed by atoms with van der Waals surface area (Å²) in [6.45, 7) is 0. The second kappa shape index (κ2) is 6.18. The van der Waals surface area contributed by atoms with Crippen LogP contribution in [0.1, 0.15) is 16.8 Å². The first-order valence-corrected chi connectivity index (χ1v) is 4.73. The maximum Gasteiger partial charge on any atom is 0.338 e. The van der Waals surface area contributed by atoms with E-state index in [-0.39, 0.29) is 11.3 Å². The van der Waals surface area contributed by atoms with Crippen molar-refractivity contribution in [3.05, 3.63) is 24.0 Å². The van der Waals surface area contributed by atoms with Crippen molar-refractivity contribution in [1.82, 2.24) is 4.98 Å². The number of carboxylic acids is 1. The highest BCUT2D eigenvalue weighted by Gasteiger charge is 2.11. The fraction of sp³-hybridized carbons (Fsp3) is 0.200. The largest absolute Gasteiger partial charge is 0.478 e. The molecule has 94 valence electrons. The number of carbonyl (C=O) groups is 3. The van der Waals surface area contributed by atoms with Crippen LogP contribution in [0.4, 0.5) is 5.69 Å². The molecule has 0 aromatic carbocycles. The summed E-state index contributed by atoms with van der Waals surface area (Å²) in [5, 5.41) is 15.5. The second-order valence-electron chi connectivity index (χ2n) is 3.04. The lowest BCUT2D eigenvalue weighted by atomic mass is 10.2. The molecule has 0 aliphatic heterocycles. The lowest BCUT2D eigenvalue weighted by molar-refractivity contribution is -0.143. The molecule has 1 N–H and O–H groups in total. The van der Waals surface area contributed by atoms with E-state index >= 15 is 0 Å². The number of ether oxygens (including phenoxy) is 1. The highest BCUT2D eigenvalue weighted by molar-refractivity contribution is 5.95. The number of hydrogen-bond acceptors (Lipinski definition) is 6. The van der Waals surface area contributed by atoms with Crippen molar-refractivity contribution in [3.63, 3.8) is 0 Å². The second-order valence-corrected chi connectivity index (χ2v) is 3.04. The highest BCUT2D eigenvalue weighted by Crippen LogP contribution is 2.17. The molecule has 1 amide bonds. The van der Waals surface area contributed by atoms with E-state index in [1.54, 1.807) is 0 Å². The molecule has 0 fully saturated rings. The number of methoxy groups -OCH3 is 1. The molecule has 0 aliphatic rings. The molecule has 0 saturated heterocycles. The number of nitrogens with zero attached hydrogens (tertiary/aromatic N) is 3. The predicted octanol–water partition coefficient (Wildman–Crippen LogP) is 0.953. The van der Waals surface area contributed by atoms with E-state index in [2.05, 4.69) is 19.9 Å². The normalized spacial score (nSPS) is 10.3. The van der Waals surface area contributed by atoms with Gasteiger partial charge >= 0.3 is 11.9 Å². The first-order chi connectivity index (χ1) is 8.54. The summed E-state index contributed by atoms with van der Waals surface area (Å²) in [4.78, 5) is 36.4. The SMILES string of the molecule is COC(=O)CC(=O)/N=N/c1cnccc1C(=O)O. The highest BCUT2D eigenvalue weighted by atomic mass is 16.5. The number of aromatic carboxylic acids is 1. The smallest absolute Gasteiger partial charge is 0.338 e. The molecule has 8 nitrogen and oxygen atoms in total. The van der Waals surface area contributed by atoms with Crippen molar-refractivity contribution in [3.8, 4) is 0 Å². The van der Waals surface area contributed by atoms with E-state index in [0.29, 0.717) is 0 Å². The van der Waals surface area contributed by atoms with Crippen molar-refractivity contribution >= 4 is 23.5 Å². The molecule has 0 radical (unpaired) electrons. The van der Waals surface area contributed by atoms with E-state index in [9.17, 15) is 14.4 Å². The van der Waals surface area contributed by atoms with E-state index in [1.165, 1.54) is 12.3 Å². The van der Waals surface area contributed by atoms with Crippen LogP contribution in [0.3, 0.4) is 0 Å². The van der Waals surface area contributed by atoms with E-state index in [1.807, 2.05) is 0 Å². The van der Waals surface area contributed by atoms with Crippen LogP contribution in [-0.4, -0.2) is 35.0 Å². The Morgan fingerprint density at radius 3 is 2.78 bits per heavy atom. The van der Waals surface area contributed by atoms with E-state index in [0.717, 1.165) is 13.3 Å². The first kappa shape index (κ1) is 13.4. The maximum atomic E-state index is 11.1. The van der Waals surface area contributed by atoms with Gasteiger partial charge in [0.05, 0.1) is 18.9 Å². The Bertz CT molecular complexity index is 512. The number of hydrogen-bond donors (Lipinski definition) is 1. The molecular weight excluding hydrogens is 242 g/mol. The standard InChI is InChI=1S/C10H9N3O5/c1-18-9(15)4-8(14)13-12-7-5-11-3-2-6(7)10(16)17/h2-3,5H,4H2,1H3,(H,16,17)/b13-12+. The van der Waals surface area contributed by atoms with Crippen molar-refractivity contribution in [2.75, 3.05) is 7.11 Å². The number of azo groups is 1. The molecule has 0 aliphatic carbocycles. The van der Waals surface area contributed by atoms with Crippen LogP contribution in [0.25, 0.3) is 0 Å². The Morgan fingerprint density at radius 2 is 2.17 bits per heavy atom. The zero-order valence-corrected chi connectivity index (χ0v) is 9.36. The molecule has 0 unspecified atom stereocenters. The molecule has 0 saturated carbocycles. The lowest BCUT2D eigenvalue weighted by Crippen LogP contribution is -2.06. The third-order valence-electron chi connectivity index (χ3n) is 1.82. The minimum atomic E-state index is -1.22. The van der Waals surface area contributed by atoms with Gasteiger partial charge in [0.1, 0.15) is 12.1 Å². The summed E-state index contributed by atoms with van der Waals surface area (Å²) in [6, 6.07) is 1.22. The zero-order valence-electron chi connectivity index (χ0n) is 9.36. The topological polar surface area (TPSA) is 118 Å². The van der Waals surface area contributed by atoms with Gasteiger partial charge in [0.2, 0.25) is 0 Å². The molecule has 8 heteroatoms. The minimum absolute atomic E-state index is 0.0665. The lowest BCUT2D eigenvalue weighted by Gasteiger charge is -1.97. The third kappa shape index (κ3) is 3.74. The third-order valence-corrected chi connectivity index (χ3v) is 1.82. The average molecular weight is 251 g/mol. The fourth-order valence-corrected chi connectivity index (χ4v) is 0.987. The molecule has 0 spiro atoms. The van der Waals surface area contributed by atoms with Crippen LogP contribution in [0.15, 0.2) is 28.7 Å². The number of amides is 1. The molecular formula is C10H9N3O5. The molecule has 18 heavy (non-hydrogen) atoms. The molecule has 0 bridgehead atoms. The van der Waals surface area contributed by atoms with Gasteiger partial charge in [0.15, 0.2) is 0 Å². The van der Waals surface area contributed by atoms with Gasteiger partial charge in [0, 0.05) is 6.20 Å². The zero-order chi connectivity index (χ0) is 13.5. The molecule has 1 aromatic rings.